The van der Waals surface area contributed by atoms with Crippen LogP contribution in [0.1, 0.15) is 4.88 Å². The quantitative estimate of drug-likeness (QED) is 0.672. The summed E-state index contributed by atoms with van der Waals surface area (Å²) < 4.78 is 19.2. The molecule has 0 aliphatic carbocycles. The van der Waals surface area contributed by atoms with E-state index in [-0.39, 0.29) is 5.82 Å². The number of hydrazine groups is 1. The molecule has 0 aliphatic heterocycles. The lowest BCUT2D eigenvalue weighted by atomic mass is 10.3. The standard InChI is InChI=1S/C10H9BrFN3OS/c11-8-2-1-6(12)3-9(8)16-5-7-4-14-10(15-13)17-7/h1-4H,5,13H2,(H,14,15). The molecule has 7 heteroatoms. The highest BCUT2D eigenvalue weighted by Crippen LogP contribution is 2.27. The van der Waals surface area contributed by atoms with Crippen molar-refractivity contribution in [1.29, 1.82) is 0 Å². The summed E-state index contributed by atoms with van der Waals surface area (Å²) >= 11 is 4.67. The van der Waals surface area contributed by atoms with Gasteiger partial charge in [0.15, 0.2) is 5.13 Å². The molecule has 17 heavy (non-hydrogen) atoms. The number of aromatic nitrogens is 1. The van der Waals surface area contributed by atoms with Gasteiger partial charge in [0.1, 0.15) is 18.2 Å². The lowest BCUT2D eigenvalue weighted by Crippen LogP contribution is -2.05. The minimum absolute atomic E-state index is 0.321. The van der Waals surface area contributed by atoms with E-state index < -0.39 is 0 Å². The lowest BCUT2D eigenvalue weighted by molar-refractivity contribution is 0.306. The van der Waals surface area contributed by atoms with Gasteiger partial charge in [0.25, 0.3) is 0 Å². The van der Waals surface area contributed by atoms with Gasteiger partial charge in [-0.15, -0.1) is 0 Å². The lowest BCUT2D eigenvalue weighted by Gasteiger charge is -2.06. The molecule has 0 saturated carbocycles. The SMILES string of the molecule is NNc1ncc(COc2cc(F)ccc2Br)s1. The molecule has 0 radical (unpaired) electrons. The topological polar surface area (TPSA) is 60.2 Å². The number of nitrogens with one attached hydrogen (secondary N) is 1. The third-order valence-electron chi connectivity index (χ3n) is 1.94. The summed E-state index contributed by atoms with van der Waals surface area (Å²) in [6.07, 6.45) is 1.66. The average Bonchev–Trinajstić information content (AvgIpc) is 2.78. The molecule has 0 amide bonds. The first kappa shape index (κ1) is 12.3. The van der Waals surface area contributed by atoms with E-state index in [1.165, 1.54) is 23.5 Å². The predicted molar refractivity (Wildman–Crippen MR) is 68.4 cm³/mol. The van der Waals surface area contributed by atoms with Crippen LogP contribution in [0.15, 0.2) is 28.9 Å². The smallest absolute Gasteiger partial charge is 0.197 e. The molecule has 0 saturated heterocycles. The Labute approximate surface area is 110 Å². The molecule has 3 N–H and O–H groups in total. The largest absolute Gasteiger partial charge is 0.487 e. The summed E-state index contributed by atoms with van der Waals surface area (Å²) in [5.41, 5.74) is 2.45. The Morgan fingerprint density at radius 3 is 3.06 bits per heavy atom. The second-order valence-electron chi connectivity index (χ2n) is 3.14. The maximum Gasteiger partial charge on any atom is 0.197 e. The van der Waals surface area contributed by atoms with Crippen molar-refractivity contribution in [2.45, 2.75) is 6.61 Å². The van der Waals surface area contributed by atoms with E-state index in [2.05, 4.69) is 26.3 Å². The van der Waals surface area contributed by atoms with Gasteiger partial charge in [-0.1, -0.05) is 11.3 Å². The Kier molecular flexibility index (Phi) is 3.93. The second-order valence-corrected chi connectivity index (χ2v) is 5.11. The van der Waals surface area contributed by atoms with Gasteiger partial charge in [-0.05, 0) is 28.1 Å². The Hall–Kier alpha value is -1.18. The summed E-state index contributed by atoms with van der Waals surface area (Å²) in [6.45, 7) is 0.321. The first-order chi connectivity index (χ1) is 8.19. The number of benzene rings is 1. The van der Waals surface area contributed by atoms with Crippen LogP contribution in [0.3, 0.4) is 0 Å². The van der Waals surface area contributed by atoms with E-state index >= 15 is 0 Å². The van der Waals surface area contributed by atoms with E-state index in [1.807, 2.05) is 0 Å². The van der Waals surface area contributed by atoms with Crippen molar-refractivity contribution in [3.63, 3.8) is 0 Å². The summed E-state index contributed by atoms with van der Waals surface area (Å²) in [5.74, 6) is 5.34. The number of ether oxygens (including phenoxy) is 1. The van der Waals surface area contributed by atoms with Crippen molar-refractivity contribution in [1.82, 2.24) is 4.98 Å². The van der Waals surface area contributed by atoms with Crippen LogP contribution in [0.4, 0.5) is 9.52 Å². The molecule has 1 aromatic heterocycles. The molecule has 1 heterocycles. The van der Waals surface area contributed by atoms with Crippen LogP contribution in [0.25, 0.3) is 0 Å². The van der Waals surface area contributed by atoms with Crippen LogP contribution in [0, 0.1) is 5.82 Å². The fraction of sp³-hybridized carbons (Fsp3) is 0.100. The van der Waals surface area contributed by atoms with E-state index in [4.69, 9.17) is 10.6 Å². The van der Waals surface area contributed by atoms with Crippen molar-refractivity contribution < 1.29 is 9.13 Å². The summed E-state index contributed by atoms with van der Waals surface area (Å²) in [6, 6.07) is 4.29. The van der Waals surface area contributed by atoms with Crippen molar-refractivity contribution in [3.8, 4) is 5.75 Å². The number of thiazole rings is 1. The highest BCUT2D eigenvalue weighted by molar-refractivity contribution is 9.10. The summed E-state index contributed by atoms with van der Waals surface area (Å²) in [7, 11) is 0. The van der Waals surface area contributed by atoms with Crippen molar-refractivity contribution >= 4 is 32.4 Å². The van der Waals surface area contributed by atoms with Gasteiger partial charge < -0.3 is 4.74 Å². The second kappa shape index (κ2) is 5.44. The molecule has 0 bridgehead atoms. The van der Waals surface area contributed by atoms with Crippen molar-refractivity contribution in [3.05, 3.63) is 39.6 Å². The maximum atomic E-state index is 13.0. The first-order valence-electron chi connectivity index (χ1n) is 4.68. The Morgan fingerprint density at radius 1 is 1.53 bits per heavy atom. The highest BCUT2D eigenvalue weighted by Gasteiger charge is 2.05. The van der Waals surface area contributed by atoms with Crippen molar-refractivity contribution in [2.24, 2.45) is 5.84 Å². The zero-order chi connectivity index (χ0) is 12.3. The Morgan fingerprint density at radius 2 is 2.35 bits per heavy atom. The first-order valence-corrected chi connectivity index (χ1v) is 6.29. The minimum atomic E-state index is -0.336. The summed E-state index contributed by atoms with van der Waals surface area (Å²) in [5, 5.41) is 0.613. The predicted octanol–water partition coefficient (Wildman–Crippen LogP) is 2.91. The molecule has 0 aliphatic rings. The number of hydrogen-bond donors (Lipinski definition) is 2. The molecule has 0 unspecified atom stereocenters. The molecular formula is C10H9BrFN3OS. The van der Waals surface area contributed by atoms with E-state index in [1.54, 1.807) is 12.3 Å². The monoisotopic (exact) mass is 317 g/mol. The number of anilines is 1. The molecule has 1 aromatic carbocycles. The Balaban J connectivity index is 2.04. The van der Waals surface area contributed by atoms with Gasteiger partial charge in [-0.25, -0.2) is 15.2 Å². The number of nitrogen functional groups attached to an aromatic ring is 1. The summed E-state index contributed by atoms with van der Waals surface area (Å²) in [4.78, 5) is 4.90. The molecule has 0 atom stereocenters. The van der Waals surface area contributed by atoms with Crippen LogP contribution in [0.2, 0.25) is 0 Å². The average molecular weight is 318 g/mol. The number of nitrogens with zero attached hydrogens (tertiary/aromatic N) is 1. The molecule has 2 aromatic rings. The van der Waals surface area contributed by atoms with E-state index in [0.717, 1.165) is 4.88 Å². The molecule has 0 fully saturated rings. The van der Waals surface area contributed by atoms with E-state index in [9.17, 15) is 4.39 Å². The molecule has 4 nitrogen and oxygen atoms in total. The highest BCUT2D eigenvalue weighted by atomic mass is 79.9. The third-order valence-corrected chi connectivity index (χ3v) is 3.50. The number of halogens is 2. The van der Waals surface area contributed by atoms with Crippen LogP contribution >= 0.6 is 27.3 Å². The van der Waals surface area contributed by atoms with Gasteiger partial charge in [0.2, 0.25) is 0 Å². The van der Waals surface area contributed by atoms with Gasteiger partial charge in [-0.2, -0.15) is 0 Å². The van der Waals surface area contributed by atoms with Gasteiger partial charge in [0.05, 0.1) is 9.35 Å². The number of hydrogen-bond acceptors (Lipinski definition) is 5. The van der Waals surface area contributed by atoms with Gasteiger partial charge >= 0.3 is 0 Å². The fourth-order valence-corrected chi connectivity index (χ4v) is 2.17. The maximum absolute atomic E-state index is 13.0. The minimum Gasteiger partial charge on any atom is -0.487 e. The normalized spacial score (nSPS) is 10.3. The third kappa shape index (κ3) is 3.15. The van der Waals surface area contributed by atoms with Gasteiger partial charge in [0, 0.05) is 12.3 Å². The molecule has 0 spiro atoms. The fourth-order valence-electron chi connectivity index (χ4n) is 1.18. The molecule has 2 rings (SSSR count). The van der Waals surface area contributed by atoms with Crippen LogP contribution in [-0.2, 0) is 6.61 Å². The number of rotatable bonds is 4. The number of nitrogens with two attached hydrogens (primary N) is 1. The zero-order valence-electron chi connectivity index (χ0n) is 8.61. The Bertz CT molecular complexity index is 520. The van der Waals surface area contributed by atoms with Crippen LogP contribution < -0.4 is 16.0 Å². The van der Waals surface area contributed by atoms with E-state index in [0.29, 0.717) is 22.0 Å². The van der Waals surface area contributed by atoms with Gasteiger partial charge in [-0.3, -0.25) is 5.43 Å². The zero-order valence-corrected chi connectivity index (χ0v) is 11.0. The van der Waals surface area contributed by atoms with Crippen LogP contribution in [-0.4, -0.2) is 4.98 Å². The van der Waals surface area contributed by atoms with Crippen molar-refractivity contribution in [2.75, 3.05) is 5.43 Å². The molecular weight excluding hydrogens is 309 g/mol. The van der Waals surface area contributed by atoms with Crippen LogP contribution in [0.5, 0.6) is 5.75 Å². The molecule has 90 valence electrons.